The van der Waals surface area contributed by atoms with Crippen LogP contribution in [0.2, 0.25) is 0 Å². The van der Waals surface area contributed by atoms with E-state index in [-0.39, 0.29) is 18.6 Å². The van der Waals surface area contributed by atoms with Crippen molar-refractivity contribution in [3.8, 4) is 11.5 Å². The van der Waals surface area contributed by atoms with E-state index in [4.69, 9.17) is 9.47 Å². The molecule has 0 radical (unpaired) electrons. The van der Waals surface area contributed by atoms with E-state index in [1.165, 1.54) is 18.5 Å². The van der Waals surface area contributed by atoms with Crippen LogP contribution in [0, 0.1) is 0 Å². The van der Waals surface area contributed by atoms with E-state index in [2.05, 4.69) is 20.9 Å². The third-order valence-corrected chi connectivity index (χ3v) is 4.83. The number of hydrogen-bond donors (Lipinski definition) is 1. The molecule has 0 bridgehead atoms. The molecule has 1 fully saturated rings. The number of rotatable bonds is 8. The molecule has 26 heavy (non-hydrogen) atoms. The number of amides is 1. The van der Waals surface area contributed by atoms with Crippen LogP contribution >= 0.6 is 0 Å². The molecule has 0 spiro atoms. The van der Waals surface area contributed by atoms with Gasteiger partial charge in [0, 0.05) is 25.5 Å². The SMILES string of the molecule is COc1ccc(OCC(=O)NCC(c2cccn2C)N2CCCC2)cc1. The largest absolute Gasteiger partial charge is 0.497 e. The van der Waals surface area contributed by atoms with E-state index >= 15 is 0 Å². The molecule has 2 aromatic rings. The maximum absolute atomic E-state index is 12.2. The monoisotopic (exact) mass is 357 g/mol. The van der Waals surface area contributed by atoms with Gasteiger partial charge in [0.15, 0.2) is 6.61 Å². The predicted molar refractivity (Wildman–Crippen MR) is 100 cm³/mol. The summed E-state index contributed by atoms with van der Waals surface area (Å²) in [5, 5.41) is 3.02. The number of aromatic nitrogens is 1. The van der Waals surface area contributed by atoms with Crippen molar-refractivity contribution in [2.24, 2.45) is 7.05 Å². The lowest BCUT2D eigenvalue weighted by Gasteiger charge is -2.28. The van der Waals surface area contributed by atoms with Crippen molar-refractivity contribution in [2.75, 3.05) is 33.4 Å². The minimum atomic E-state index is -0.112. The van der Waals surface area contributed by atoms with Crippen LogP contribution in [0.1, 0.15) is 24.6 Å². The zero-order valence-corrected chi connectivity index (χ0v) is 15.5. The van der Waals surface area contributed by atoms with Gasteiger partial charge >= 0.3 is 0 Å². The molecule has 6 heteroatoms. The highest BCUT2D eigenvalue weighted by molar-refractivity contribution is 5.77. The van der Waals surface area contributed by atoms with Crippen molar-refractivity contribution in [1.29, 1.82) is 0 Å². The Morgan fingerprint density at radius 1 is 1.15 bits per heavy atom. The normalized spacial score (nSPS) is 15.6. The molecule has 0 aliphatic carbocycles. The molecule has 1 aliphatic rings. The Morgan fingerprint density at radius 2 is 1.85 bits per heavy atom. The standard InChI is InChI=1S/C20H27N3O3/c1-22-11-5-6-18(22)19(23-12-3-4-13-23)14-21-20(24)15-26-17-9-7-16(25-2)8-10-17/h5-11,19H,3-4,12-15H2,1-2H3,(H,21,24). The van der Waals surface area contributed by atoms with Gasteiger partial charge < -0.3 is 19.4 Å². The van der Waals surface area contributed by atoms with Crippen LogP contribution in [0.3, 0.4) is 0 Å². The average Bonchev–Trinajstić information content (AvgIpc) is 3.33. The van der Waals surface area contributed by atoms with Gasteiger partial charge in [0.25, 0.3) is 5.91 Å². The van der Waals surface area contributed by atoms with Crippen LogP contribution in [0.4, 0.5) is 0 Å². The summed E-state index contributed by atoms with van der Waals surface area (Å²) < 4.78 is 12.8. The van der Waals surface area contributed by atoms with Crippen molar-refractivity contribution >= 4 is 5.91 Å². The lowest BCUT2D eigenvalue weighted by molar-refractivity contribution is -0.123. The number of nitrogens with zero attached hydrogens (tertiary/aromatic N) is 2. The van der Waals surface area contributed by atoms with Crippen LogP contribution in [-0.4, -0.2) is 48.7 Å². The molecule has 1 N–H and O–H groups in total. The second kappa shape index (κ2) is 8.76. The molecule has 1 saturated heterocycles. The van der Waals surface area contributed by atoms with E-state index in [9.17, 15) is 4.79 Å². The highest BCUT2D eigenvalue weighted by Gasteiger charge is 2.25. The number of hydrogen-bond acceptors (Lipinski definition) is 4. The fourth-order valence-electron chi connectivity index (χ4n) is 3.38. The highest BCUT2D eigenvalue weighted by Crippen LogP contribution is 2.24. The van der Waals surface area contributed by atoms with Gasteiger partial charge in [-0.1, -0.05) is 0 Å². The van der Waals surface area contributed by atoms with E-state index in [0.29, 0.717) is 12.3 Å². The van der Waals surface area contributed by atoms with Crippen LogP contribution in [0.15, 0.2) is 42.6 Å². The fourth-order valence-corrected chi connectivity index (χ4v) is 3.38. The minimum Gasteiger partial charge on any atom is -0.497 e. The number of likely N-dealkylation sites (tertiary alicyclic amines) is 1. The number of benzene rings is 1. The lowest BCUT2D eigenvalue weighted by Crippen LogP contribution is -2.39. The van der Waals surface area contributed by atoms with E-state index < -0.39 is 0 Å². The van der Waals surface area contributed by atoms with Crippen LogP contribution in [0.5, 0.6) is 11.5 Å². The number of carbonyl (C=O) groups is 1. The fraction of sp³-hybridized carbons (Fsp3) is 0.450. The number of ether oxygens (including phenoxy) is 2. The summed E-state index contributed by atoms with van der Waals surface area (Å²) in [5.41, 5.74) is 1.23. The topological polar surface area (TPSA) is 55.7 Å². The van der Waals surface area contributed by atoms with Gasteiger partial charge in [-0.05, 0) is 62.3 Å². The molecule has 1 amide bonds. The Labute approximate surface area is 154 Å². The average molecular weight is 357 g/mol. The summed E-state index contributed by atoms with van der Waals surface area (Å²) in [7, 11) is 3.67. The quantitative estimate of drug-likeness (QED) is 0.788. The van der Waals surface area contributed by atoms with Crippen molar-refractivity contribution in [1.82, 2.24) is 14.8 Å². The Kier molecular flexibility index (Phi) is 6.17. The maximum Gasteiger partial charge on any atom is 0.258 e. The summed E-state index contributed by atoms with van der Waals surface area (Å²) >= 11 is 0. The zero-order valence-electron chi connectivity index (χ0n) is 15.5. The number of carbonyl (C=O) groups excluding carboxylic acids is 1. The number of methoxy groups -OCH3 is 1. The summed E-state index contributed by atoms with van der Waals surface area (Å²) in [6.07, 6.45) is 4.48. The van der Waals surface area contributed by atoms with E-state index in [0.717, 1.165) is 18.8 Å². The molecule has 6 nitrogen and oxygen atoms in total. The first-order chi connectivity index (χ1) is 12.7. The molecule has 1 aromatic carbocycles. The van der Waals surface area contributed by atoms with Crippen molar-refractivity contribution in [2.45, 2.75) is 18.9 Å². The molecule has 1 atom stereocenters. The molecule has 3 rings (SSSR count). The smallest absolute Gasteiger partial charge is 0.258 e. The molecular weight excluding hydrogens is 330 g/mol. The maximum atomic E-state index is 12.2. The van der Waals surface area contributed by atoms with Gasteiger partial charge in [0.2, 0.25) is 0 Å². The Morgan fingerprint density at radius 3 is 2.46 bits per heavy atom. The van der Waals surface area contributed by atoms with Crippen molar-refractivity contribution in [3.05, 3.63) is 48.3 Å². The second-order valence-electron chi connectivity index (χ2n) is 6.57. The van der Waals surface area contributed by atoms with Crippen LogP contribution in [0.25, 0.3) is 0 Å². The van der Waals surface area contributed by atoms with Crippen molar-refractivity contribution < 1.29 is 14.3 Å². The number of nitrogens with one attached hydrogen (secondary N) is 1. The van der Waals surface area contributed by atoms with Gasteiger partial charge in [-0.2, -0.15) is 0 Å². The molecule has 1 aromatic heterocycles. The second-order valence-corrected chi connectivity index (χ2v) is 6.57. The van der Waals surface area contributed by atoms with Gasteiger partial charge in [-0.3, -0.25) is 9.69 Å². The first kappa shape index (κ1) is 18.3. The summed E-state index contributed by atoms with van der Waals surface area (Å²) in [4.78, 5) is 14.7. The third-order valence-electron chi connectivity index (χ3n) is 4.83. The Bertz CT molecular complexity index is 705. The summed E-state index contributed by atoms with van der Waals surface area (Å²) in [6, 6.07) is 11.6. The van der Waals surface area contributed by atoms with E-state index in [1.54, 1.807) is 19.2 Å². The number of aryl methyl sites for hydroxylation is 1. The molecule has 2 heterocycles. The lowest BCUT2D eigenvalue weighted by atomic mass is 10.1. The van der Waals surface area contributed by atoms with Gasteiger partial charge in [0.1, 0.15) is 11.5 Å². The van der Waals surface area contributed by atoms with Gasteiger partial charge in [-0.15, -0.1) is 0 Å². The van der Waals surface area contributed by atoms with Gasteiger partial charge in [-0.25, -0.2) is 0 Å². The first-order valence-corrected chi connectivity index (χ1v) is 9.06. The molecule has 1 unspecified atom stereocenters. The highest BCUT2D eigenvalue weighted by atomic mass is 16.5. The minimum absolute atomic E-state index is 0.00614. The summed E-state index contributed by atoms with van der Waals surface area (Å²) in [6.45, 7) is 2.75. The predicted octanol–water partition coefficient (Wildman–Crippen LogP) is 2.37. The van der Waals surface area contributed by atoms with Gasteiger partial charge in [0.05, 0.1) is 13.2 Å². The Balaban J connectivity index is 1.53. The summed E-state index contributed by atoms with van der Waals surface area (Å²) in [5.74, 6) is 1.30. The van der Waals surface area contributed by atoms with E-state index in [1.807, 2.05) is 31.4 Å². The third kappa shape index (κ3) is 4.58. The Hall–Kier alpha value is -2.47. The first-order valence-electron chi connectivity index (χ1n) is 9.06. The van der Waals surface area contributed by atoms with Crippen molar-refractivity contribution in [3.63, 3.8) is 0 Å². The molecule has 0 saturated carbocycles. The van der Waals surface area contributed by atoms with Crippen LogP contribution < -0.4 is 14.8 Å². The van der Waals surface area contributed by atoms with Crippen LogP contribution in [-0.2, 0) is 11.8 Å². The molecular formula is C20H27N3O3. The zero-order chi connectivity index (χ0) is 18.4. The molecule has 140 valence electrons. The molecule has 1 aliphatic heterocycles.